The monoisotopic (exact) mass is 520 g/mol. The normalized spacial score (nSPS) is 20.7. The molecule has 6 rings (SSSR count). The highest BCUT2D eigenvalue weighted by Gasteiger charge is 2.49. The molecule has 180 valence electrons. The fourth-order valence-corrected chi connectivity index (χ4v) is 6.00. The first-order chi connectivity index (χ1) is 17.3. The van der Waals surface area contributed by atoms with Gasteiger partial charge < -0.3 is 9.84 Å². The van der Waals surface area contributed by atoms with Crippen molar-refractivity contribution < 1.29 is 23.8 Å². The van der Waals surface area contributed by atoms with Crippen LogP contribution in [-0.2, 0) is 16.0 Å². The molecule has 3 aromatic carbocycles. The van der Waals surface area contributed by atoms with Crippen LogP contribution < -0.4 is 9.64 Å². The molecule has 0 saturated carbocycles. The second-order valence-electron chi connectivity index (χ2n) is 8.75. The highest BCUT2D eigenvalue weighted by atomic mass is 35.5. The number of aromatic nitrogens is 1. The predicted octanol–water partition coefficient (Wildman–Crippen LogP) is 6.04. The van der Waals surface area contributed by atoms with Gasteiger partial charge in [0.25, 0.3) is 5.78 Å². The van der Waals surface area contributed by atoms with Crippen molar-refractivity contribution in [3.63, 3.8) is 0 Å². The largest absolute Gasteiger partial charge is 0.507 e. The van der Waals surface area contributed by atoms with Crippen molar-refractivity contribution in [3.8, 4) is 5.75 Å². The quantitative estimate of drug-likeness (QED) is 0.202. The van der Waals surface area contributed by atoms with E-state index in [1.54, 1.807) is 42.5 Å². The first kappa shape index (κ1) is 22.7. The lowest BCUT2D eigenvalue weighted by Crippen LogP contribution is -2.29. The van der Waals surface area contributed by atoms with E-state index in [-0.39, 0.29) is 28.1 Å². The summed E-state index contributed by atoms with van der Waals surface area (Å²) in [5.41, 5.74) is 1.69. The van der Waals surface area contributed by atoms with Gasteiger partial charge in [0.2, 0.25) is 0 Å². The number of carbonyl (C=O) groups is 2. The van der Waals surface area contributed by atoms with Crippen LogP contribution in [0, 0.1) is 5.82 Å². The molecular formula is C27H18ClFN2O4S. The van der Waals surface area contributed by atoms with Gasteiger partial charge in [-0.2, -0.15) is 0 Å². The number of hydrogen-bond acceptors (Lipinski definition) is 6. The Morgan fingerprint density at radius 2 is 1.97 bits per heavy atom. The third-order valence-electron chi connectivity index (χ3n) is 6.36. The molecule has 36 heavy (non-hydrogen) atoms. The highest BCUT2D eigenvalue weighted by Crippen LogP contribution is 2.45. The van der Waals surface area contributed by atoms with Gasteiger partial charge in [-0.25, -0.2) is 9.37 Å². The second-order valence-corrected chi connectivity index (χ2v) is 10.2. The van der Waals surface area contributed by atoms with Gasteiger partial charge in [0, 0.05) is 22.6 Å². The van der Waals surface area contributed by atoms with Crippen molar-refractivity contribution in [1.29, 1.82) is 0 Å². The molecule has 1 saturated heterocycles. The van der Waals surface area contributed by atoms with Crippen molar-refractivity contribution in [2.24, 2.45) is 0 Å². The van der Waals surface area contributed by atoms with Crippen LogP contribution in [0.25, 0.3) is 16.0 Å². The minimum absolute atomic E-state index is 0.00562. The number of hydrogen-bond donors (Lipinski definition) is 1. The van der Waals surface area contributed by atoms with Gasteiger partial charge in [0.15, 0.2) is 5.13 Å². The summed E-state index contributed by atoms with van der Waals surface area (Å²) in [5.74, 6) is -2.09. The topological polar surface area (TPSA) is 79.7 Å². The molecule has 9 heteroatoms. The predicted molar refractivity (Wildman–Crippen MR) is 136 cm³/mol. The van der Waals surface area contributed by atoms with Gasteiger partial charge >= 0.3 is 5.91 Å². The van der Waals surface area contributed by atoms with Crippen LogP contribution in [0.15, 0.2) is 66.2 Å². The molecule has 2 aliphatic heterocycles. The van der Waals surface area contributed by atoms with E-state index in [1.165, 1.54) is 18.2 Å². The van der Waals surface area contributed by atoms with Gasteiger partial charge in [-0.05, 0) is 55.0 Å². The molecule has 6 nitrogen and oxygen atoms in total. The molecule has 1 N–H and O–H groups in total. The molecule has 2 aliphatic rings. The number of ether oxygens (including phenoxy) is 1. The zero-order valence-corrected chi connectivity index (χ0v) is 20.4. The maximum atomic E-state index is 15.1. The molecule has 0 unspecified atom stereocenters. The van der Waals surface area contributed by atoms with E-state index in [4.69, 9.17) is 16.3 Å². The first-order valence-electron chi connectivity index (χ1n) is 11.2. The lowest BCUT2D eigenvalue weighted by molar-refractivity contribution is -0.132. The highest BCUT2D eigenvalue weighted by molar-refractivity contribution is 7.22. The van der Waals surface area contributed by atoms with Crippen molar-refractivity contribution >= 4 is 55.7 Å². The van der Waals surface area contributed by atoms with Gasteiger partial charge in [-0.15, -0.1) is 0 Å². The van der Waals surface area contributed by atoms with Gasteiger partial charge in [-0.3, -0.25) is 14.5 Å². The van der Waals surface area contributed by atoms with Crippen LogP contribution in [0.1, 0.15) is 29.7 Å². The van der Waals surface area contributed by atoms with E-state index >= 15 is 4.39 Å². The van der Waals surface area contributed by atoms with Crippen LogP contribution in [0.2, 0.25) is 5.02 Å². The van der Waals surface area contributed by atoms with Crippen LogP contribution in [-0.4, -0.2) is 27.9 Å². The number of anilines is 1. The van der Waals surface area contributed by atoms with Crippen molar-refractivity contribution in [2.45, 2.75) is 25.5 Å². The van der Waals surface area contributed by atoms with Crippen LogP contribution in [0.5, 0.6) is 5.75 Å². The summed E-state index contributed by atoms with van der Waals surface area (Å²) in [4.78, 5) is 32.4. The zero-order valence-electron chi connectivity index (χ0n) is 18.9. The summed E-state index contributed by atoms with van der Waals surface area (Å²) in [7, 11) is 0. The van der Waals surface area contributed by atoms with E-state index < -0.39 is 23.5 Å². The SMILES string of the molecule is C[C@@H]1Cc2cc(C(O)=C3C(=O)C(=O)N(c4nc5ccc(Cl)cc5s4)[C@H]3c3ccccc3F)ccc2O1. The Morgan fingerprint density at radius 3 is 2.78 bits per heavy atom. The maximum absolute atomic E-state index is 15.1. The molecule has 0 bridgehead atoms. The Balaban J connectivity index is 1.55. The summed E-state index contributed by atoms with van der Waals surface area (Å²) in [6, 6.07) is 14.9. The number of halogens is 2. The van der Waals surface area contributed by atoms with E-state index in [9.17, 15) is 14.7 Å². The molecule has 1 fully saturated rings. The Labute approximate surface area is 214 Å². The second kappa shape index (κ2) is 8.43. The van der Waals surface area contributed by atoms with Crippen LogP contribution in [0.3, 0.4) is 0 Å². The number of thiazole rings is 1. The standard InChI is InChI=1S/C27H18ClFN2O4S/c1-13-10-15-11-14(6-9-20(15)35-13)24(32)22-23(17-4-2-3-5-18(17)29)31(26(34)25(22)33)27-30-19-8-7-16(28)12-21(19)36-27/h2-9,11-13,23,32H,10H2,1H3/t13-,23+/m1/s1. The third kappa shape index (κ3) is 3.56. The number of aliphatic hydroxyl groups is 1. The number of aliphatic hydroxyl groups excluding tert-OH is 1. The molecule has 0 spiro atoms. The fourth-order valence-electron chi connectivity index (χ4n) is 4.74. The zero-order chi connectivity index (χ0) is 25.1. The Kier molecular flexibility index (Phi) is 5.31. The van der Waals surface area contributed by atoms with Gasteiger partial charge in [0.1, 0.15) is 29.5 Å². The fraction of sp³-hybridized carbons (Fsp3) is 0.148. The minimum atomic E-state index is -1.20. The first-order valence-corrected chi connectivity index (χ1v) is 12.4. The van der Waals surface area contributed by atoms with Gasteiger partial charge in [0.05, 0.1) is 15.8 Å². The Hall–Kier alpha value is -3.75. The van der Waals surface area contributed by atoms with Crippen molar-refractivity contribution in [3.05, 3.63) is 93.8 Å². The minimum Gasteiger partial charge on any atom is -0.507 e. The number of amides is 1. The summed E-state index contributed by atoms with van der Waals surface area (Å²) in [6.07, 6.45) is 0.643. The molecule has 1 aromatic heterocycles. The smallest absolute Gasteiger partial charge is 0.301 e. The average molecular weight is 521 g/mol. The lowest BCUT2D eigenvalue weighted by Gasteiger charge is -2.23. The molecule has 2 atom stereocenters. The Morgan fingerprint density at radius 1 is 1.17 bits per heavy atom. The maximum Gasteiger partial charge on any atom is 0.301 e. The van der Waals surface area contributed by atoms with Gasteiger partial charge in [-0.1, -0.05) is 41.1 Å². The molecule has 4 aromatic rings. The molecule has 0 radical (unpaired) electrons. The molecule has 0 aliphatic carbocycles. The average Bonchev–Trinajstić information content (AvgIpc) is 3.51. The van der Waals surface area contributed by atoms with Crippen molar-refractivity contribution in [1.82, 2.24) is 4.98 Å². The number of rotatable bonds is 3. The van der Waals surface area contributed by atoms with E-state index in [0.717, 1.165) is 21.8 Å². The number of benzene rings is 3. The summed E-state index contributed by atoms with van der Waals surface area (Å²) < 4.78 is 21.5. The number of carbonyl (C=O) groups excluding carboxylic acids is 2. The van der Waals surface area contributed by atoms with Crippen LogP contribution in [0.4, 0.5) is 9.52 Å². The number of Topliss-reactive ketones (excluding diaryl/α,β-unsaturated/α-hetero) is 1. The molecule has 3 heterocycles. The third-order valence-corrected chi connectivity index (χ3v) is 7.61. The van der Waals surface area contributed by atoms with E-state index in [1.807, 2.05) is 6.92 Å². The summed E-state index contributed by atoms with van der Waals surface area (Å²) in [5, 5.41) is 12.1. The van der Waals surface area contributed by atoms with Crippen LogP contribution >= 0.6 is 22.9 Å². The van der Waals surface area contributed by atoms with E-state index in [2.05, 4.69) is 4.98 Å². The number of nitrogens with zero attached hydrogens (tertiary/aromatic N) is 2. The summed E-state index contributed by atoms with van der Waals surface area (Å²) >= 11 is 7.27. The lowest BCUT2D eigenvalue weighted by atomic mass is 9.94. The number of ketones is 1. The molecule has 1 amide bonds. The van der Waals surface area contributed by atoms with Crippen molar-refractivity contribution in [2.75, 3.05) is 4.90 Å². The Bertz CT molecular complexity index is 1610. The number of fused-ring (bicyclic) bond motifs is 2. The van der Waals surface area contributed by atoms with E-state index in [0.29, 0.717) is 33.0 Å². The summed E-state index contributed by atoms with van der Waals surface area (Å²) in [6.45, 7) is 1.94. The molecular weight excluding hydrogens is 503 g/mol.